The molecule has 9 unspecified atom stereocenters. The third-order valence-electron chi connectivity index (χ3n) is 10.6. The Morgan fingerprint density at radius 3 is 1.98 bits per heavy atom. The Bertz CT molecular complexity index is 1870. The van der Waals surface area contributed by atoms with Crippen molar-refractivity contribution in [1.29, 1.82) is 0 Å². The number of carbonyl (C=O) groups excluding carboxylic acids is 4. The molecule has 54 heavy (non-hydrogen) atoms. The van der Waals surface area contributed by atoms with Crippen molar-refractivity contribution in [2.45, 2.75) is 86.7 Å². The van der Waals surface area contributed by atoms with Crippen LogP contribution in [0.15, 0.2) is 52.5 Å². The van der Waals surface area contributed by atoms with Crippen LogP contribution in [0.1, 0.15) is 76.9 Å². The van der Waals surface area contributed by atoms with Gasteiger partial charge in [0.2, 0.25) is 6.79 Å². The molecule has 0 aromatic heterocycles. The summed E-state index contributed by atoms with van der Waals surface area (Å²) in [6.07, 6.45) is 0.456. The number of aromatic hydroxyl groups is 1. The first kappa shape index (κ1) is 42.0. The molecule has 0 spiro atoms. The van der Waals surface area contributed by atoms with E-state index < -0.39 is 83.4 Å². The Labute approximate surface area is 314 Å². The number of Topliss-reactive ketones (excluding diaryl/α,β-unsaturated/α-hetero) is 1. The summed E-state index contributed by atoms with van der Waals surface area (Å²) in [5.41, 5.74) is 0.550. The second-order valence-electron chi connectivity index (χ2n) is 14.4. The third kappa shape index (κ3) is 7.88. The fraction of sp³-hybridized carbons (Fsp3) is 0.500. The molecule has 294 valence electrons. The lowest BCUT2D eigenvalue weighted by atomic mass is 9.76. The topological polar surface area (TPSA) is 218 Å². The van der Waals surface area contributed by atoms with Gasteiger partial charge in [0.1, 0.15) is 23.2 Å². The number of carbonyl (C=O) groups is 4. The van der Waals surface area contributed by atoms with E-state index in [9.17, 15) is 44.7 Å². The number of allylic oxidation sites excluding steroid dienone is 5. The minimum atomic E-state index is -1.62. The molecule has 4 aliphatic rings. The van der Waals surface area contributed by atoms with Crippen LogP contribution in [0.2, 0.25) is 0 Å². The molecule has 0 radical (unpaired) electrons. The van der Waals surface area contributed by atoms with E-state index in [1.54, 1.807) is 32.9 Å². The molecule has 1 aliphatic carbocycles. The molecule has 1 amide bonds. The predicted molar refractivity (Wildman–Crippen MR) is 197 cm³/mol. The lowest BCUT2D eigenvalue weighted by Gasteiger charge is -2.37. The van der Waals surface area contributed by atoms with Crippen LogP contribution in [-0.4, -0.2) is 87.5 Å². The summed E-state index contributed by atoms with van der Waals surface area (Å²) in [6, 6.07) is 0. The summed E-state index contributed by atoms with van der Waals surface area (Å²) in [5, 5.41) is 60.0. The largest absolute Gasteiger partial charge is 0.505 e. The number of ketones is 1. The molecule has 0 saturated carbocycles. The molecular weight excluding hydrogens is 702 g/mol. The molecule has 14 heteroatoms. The SMILES string of the molecule is COC(=O)C1C(O)C(C)C(O)C(C)C=CC=C(C)C(=O)Nc2c(C)c(OC(C)=O)c3c(c2O)C(=O)C(C)=C2OCOC(=C23)C(C)=CC(C)C(O)C(C)C1O. The molecule has 5 rings (SSSR count). The Hall–Kier alpha value is -4.76. The van der Waals surface area contributed by atoms with Gasteiger partial charge in [0.15, 0.2) is 11.5 Å². The maximum Gasteiger partial charge on any atom is 0.313 e. The van der Waals surface area contributed by atoms with Gasteiger partial charge in [-0.05, 0) is 33.3 Å². The van der Waals surface area contributed by atoms with Crippen LogP contribution < -0.4 is 10.1 Å². The van der Waals surface area contributed by atoms with Gasteiger partial charge in [-0.25, -0.2) is 0 Å². The van der Waals surface area contributed by atoms with Gasteiger partial charge >= 0.3 is 11.9 Å². The lowest BCUT2D eigenvalue weighted by molar-refractivity contribution is -0.164. The molecule has 3 aliphatic heterocycles. The Morgan fingerprint density at radius 1 is 0.833 bits per heavy atom. The smallest absolute Gasteiger partial charge is 0.313 e. The fourth-order valence-electron chi connectivity index (χ4n) is 7.22. The van der Waals surface area contributed by atoms with Gasteiger partial charge in [-0.2, -0.15) is 0 Å². The van der Waals surface area contributed by atoms with Crippen LogP contribution in [0.3, 0.4) is 0 Å². The number of methoxy groups -OCH3 is 1. The highest BCUT2D eigenvalue weighted by atomic mass is 16.7. The zero-order valence-corrected chi connectivity index (χ0v) is 32.2. The molecule has 14 nitrogen and oxygen atoms in total. The van der Waals surface area contributed by atoms with Crippen molar-refractivity contribution in [3.63, 3.8) is 0 Å². The first-order valence-corrected chi connectivity index (χ1v) is 17.8. The van der Waals surface area contributed by atoms with Crippen LogP contribution in [0.4, 0.5) is 5.69 Å². The number of esters is 2. The number of hydrogen-bond donors (Lipinski definition) is 6. The molecule has 0 saturated heterocycles. The Kier molecular flexibility index (Phi) is 13.0. The number of nitrogens with one attached hydrogen (secondary N) is 1. The summed E-state index contributed by atoms with van der Waals surface area (Å²) in [7, 11) is 1.11. The van der Waals surface area contributed by atoms with Crippen molar-refractivity contribution >= 4 is 34.9 Å². The maximum atomic E-state index is 14.0. The third-order valence-corrected chi connectivity index (χ3v) is 10.6. The number of rotatable bonds is 2. The predicted octanol–water partition coefficient (Wildman–Crippen LogP) is 3.99. The van der Waals surface area contributed by atoms with Crippen molar-refractivity contribution in [3.05, 3.63) is 69.2 Å². The van der Waals surface area contributed by atoms with Gasteiger partial charge < -0.3 is 49.8 Å². The Morgan fingerprint density at radius 2 is 1.41 bits per heavy atom. The van der Waals surface area contributed by atoms with E-state index in [0.29, 0.717) is 5.57 Å². The van der Waals surface area contributed by atoms with E-state index in [2.05, 4.69) is 5.32 Å². The van der Waals surface area contributed by atoms with Crippen molar-refractivity contribution < 1.29 is 63.7 Å². The normalized spacial score (nSPS) is 29.8. The highest BCUT2D eigenvalue weighted by Crippen LogP contribution is 2.53. The average molecular weight is 754 g/mol. The number of phenols is 1. The highest BCUT2D eigenvalue weighted by molar-refractivity contribution is 6.21. The number of fused-ring (bicyclic) bond motifs is 14. The summed E-state index contributed by atoms with van der Waals surface area (Å²) in [4.78, 5) is 53.0. The van der Waals surface area contributed by atoms with E-state index in [-0.39, 0.29) is 63.2 Å². The van der Waals surface area contributed by atoms with E-state index in [0.717, 1.165) is 14.0 Å². The first-order valence-electron chi connectivity index (χ1n) is 17.8. The van der Waals surface area contributed by atoms with E-state index in [1.165, 1.54) is 46.8 Å². The van der Waals surface area contributed by atoms with Crippen LogP contribution in [-0.2, 0) is 28.6 Å². The highest BCUT2D eigenvalue weighted by Gasteiger charge is 2.45. The zero-order valence-electron chi connectivity index (χ0n) is 32.2. The Balaban J connectivity index is 2.03. The maximum absolute atomic E-state index is 14.0. The van der Waals surface area contributed by atoms with Crippen molar-refractivity contribution in [2.75, 3.05) is 19.2 Å². The van der Waals surface area contributed by atoms with Crippen LogP contribution >= 0.6 is 0 Å². The summed E-state index contributed by atoms with van der Waals surface area (Å²) >= 11 is 0. The quantitative estimate of drug-likeness (QED) is 0.143. The van der Waals surface area contributed by atoms with E-state index in [1.807, 2.05) is 0 Å². The van der Waals surface area contributed by atoms with Gasteiger partial charge in [0, 0.05) is 52.9 Å². The number of benzene rings is 1. The number of aliphatic hydroxyl groups is 4. The molecule has 4 bridgehead atoms. The molecule has 1 aromatic carbocycles. The van der Waals surface area contributed by atoms with Gasteiger partial charge in [0.05, 0.1) is 48.3 Å². The van der Waals surface area contributed by atoms with Gasteiger partial charge in [0.25, 0.3) is 5.91 Å². The second-order valence-corrected chi connectivity index (χ2v) is 14.4. The van der Waals surface area contributed by atoms with Crippen LogP contribution in [0, 0.1) is 36.5 Å². The standard InChI is InChI=1S/C40H51NO13/c1-16-12-11-13-17(2)39(49)41-29-20(5)38(54-24(9)42)25-26(35(29)48)34(47)23(8)37-27(25)36(52-15-53-37)19(4)14-18(3)31(44)22(7)33(46)28(40(50)51-10)32(45)21(6)30(16)43/h11-14,16,18,21-22,28,30-33,43-46,48H,15H2,1-10H3,(H,41,49). The molecule has 0 fully saturated rings. The fourth-order valence-corrected chi connectivity index (χ4v) is 7.22. The average Bonchev–Trinajstić information content (AvgIpc) is 3.13. The van der Waals surface area contributed by atoms with E-state index >= 15 is 0 Å². The molecular formula is C40H51NO13. The summed E-state index contributed by atoms with van der Waals surface area (Å²) < 4.78 is 22.5. The van der Waals surface area contributed by atoms with Gasteiger partial charge in [-0.3, -0.25) is 19.2 Å². The van der Waals surface area contributed by atoms with Crippen molar-refractivity contribution in [3.8, 4) is 11.5 Å². The number of phenolic OH excluding ortho intramolecular Hbond substituents is 1. The molecule has 3 heterocycles. The number of anilines is 1. The zero-order chi connectivity index (χ0) is 40.5. The molecule has 1 aromatic rings. The van der Waals surface area contributed by atoms with Gasteiger partial charge in [-0.1, -0.05) is 52.0 Å². The van der Waals surface area contributed by atoms with Crippen LogP contribution in [0.5, 0.6) is 11.5 Å². The number of ether oxygens (including phenoxy) is 4. The minimum absolute atomic E-state index is 0.00611. The minimum Gasteiger partial charge on any atom is -0.505 e. The lowest BCUT2D eigenvalue weighted by Crippen LogP contribution is -2.50. The van der Waals surface area contributed by atoms with Crippen molar-refractivity contribution in [1.82, 2.24) is 0 Å². The molecule has 9 atom stereocenters. The molecule has 6 N–H and O–H groups in total. The van der Waals surface area contributed by atoms with Gasteiger partial charge in [-0.15, -0.1) is 0 Å². The van der Waals surface area contributed by atoms with Crippen molar-refractivity contribution in [2.24, 2.45) is 29.6 Å². The number of hydrogen-bond acceptors (Lipinski definition) is 13. The monoisotopic (exact) mass is 753 g/mol. The van der Waals surface area contributed by atoms with Crippen LogP contribution in [0.25, 0.3) is 5.57 Å². The number of amides is 1. The summed E-state index contributed by atoms with van der Waals surface area (Å²) in [6.45, 7) is 13.4. The van der Waals surface area contributed by atoms with E-state index in [4.69, 9.17) is 18.9 Å². The second kappa shape index (κ2) is 16.7. The number of aliphatic hydroxyl groups excluding tert-OH is 4. The summed E-state index contributed by atoms with van der Waals surface area (Å²) in [5.74, 6) is -8.30. The first-order chi connectivity index (χ1) is 25.3.